The first-order chi connectivity index (χ1) is 15.0. The number of aromatic amines is 1. The van der Waals surface area contributed by atoms with E-state index in [0.717, 1.165) is 37.8 Å². The summed E-state index contributed by atoms with van der Waals surface area (Å²) in [6.45, 7) is 4.63. The lowest BCUT2D eigenvalue weighted by molar-refractivity contribution is -0.0115. The Morgan fingerprint density at radius 2 is 2.00 bits per heavy atom. The number of hydrogen-bond donors (Lipinski definition) is 1. The van der Waals surface area contributed by atoms with Gasteiger partial charge >= 0.3 is 0 Å². The average molecular weight is 421 g/mol. The Hall–Kier alpha value is -2.14. The van der Waals surface area contributed by atoms with E-state index in [1.54, 1.807) is 0 Å². The molecule has 5 nitrogen and oxygen atoms in total. The number of carbonyl (C=O) groups excluding carboxylic acids is 1. The van der Waals surface area contributed by atoms with Crippen molar-refractivity contribution in [2.24, 2.45) is 5.41 Å². The fourth-order valence-electron chi connectivity index (χ4n) is 6.91. The summed E-state index contributed by atoms with van der Waals surface area (Å²) < 4.78 is 0. The molecule has 3 fully saturated rings. The number of likely N-dealkylation sites (tertiary alicyclic amines) is 2. The van der Waals surface area contributed by atoms with Crippen LogP contribution >= 0.6 is 0 Å². The van der Waals surface area contributed by atoms with Crippen molar-refractivity contribution in [1.29, 1.82) is 0 Å². The van der Waals surface area contributed by atoms with E-state index in [1.165, 1.54) is 24.8 Å². The Morgan fingerprint density at radius 1 is 1.23 bits per heavy atom. The lowest BCUT2D eigenvalue weighted by Gasteiger charge is -2.53. The smallest absolute Gasteiger partial charge is 0.274 e. The van der Waals surface area contributed by atoms with Crippen LogP contribution in [0.15, 0.2) is 36.4 Å². The number of unbranched alkanes of at least 4 members (excludes halogenated alkanes) is 1. The lowest BCUT2D eigenvalue weighted by Crippen LogP contribution is -2.62. The third-order valence-corrected chi connectivity index (χ3v) is 8.45. The monoisotopic (exact) mass is 420 g/mol. The highest BCUT2D eigenvalue weighted by Crippen LogP contribution is 2.56. The van der Waals surface area contributed by atoms with Crippen LogP contribution in [-0.2, 0) is 12.8 Å². The topological polar surface area (TPSA) is 52.2 Å². The molecule has 1 aromatic carbocycles. The Labute approximate surface area is 186 Å². The highest BCUT2D eigenvalue weighted by Gasteiger charge is 2.62. The number of H-pyrrole nitrogens is 1. The van der Waals surface area contributed by atoms with E-state index in [1.807, 2.05) is 6.07 Å². The van der Waals surface area contributed by atoms with E-state index in [9.17, 15) is 4.79 Å². The predicted molar refractivity (Wildman–Crippen MR) is 123 cm³/mol. The Morgan fingerprint density at radius 3 is 2.77 bits per heavy atom. The molecule has 1 aliphatic carbocycles. The maximum Gasteiger partial charge on any atom is 0.274 e. The van der Waals surface area contributed by atoms with Crippen molar-refractivity contribution in [3.05, 3.63) is 53.3 Å². The van der Waals surface area contributed by atoms with E-state index in [4.69, 9.17) is 0 Å². The molecule has 3 heterocycles. The Balaban J connectivity index is 1.51. The van der Waals surface area contributed by atoms with Crippen molar-refractivity contribution in [2.45, 2.75) is 89.4 Å². The summed E-state index contributed by atoms with van der Waals surface area (Å²) in [5.41, 5.74) is 3.17. The van der Waals surface area contributed by atoms with Crippen LogP contribution in [0.1, 0.15) is 74.1 Å². The van der Waals surface area contributed by atoms with E-state index in [0.29, 0.717) is 23.8 Å². The fraction of sp³-hybridized carbons (Fsp3) is 0.615. The molecule has 1 saturated carbocycles. The lowest BCUT2D eigenvalue weighted by atomic mass is 9.64. The second kappa shape index (κ2) is 8.09. The molecule has 5 heteroatoms. The molecule has 1 aromatic heterocycles. The first-order valence-corrected chi connectivity index (χ1v) is 12.2. The first-order valence-electron chi connectivity index (χ1n) is 12.2. The van der Waals surface area contributed by atoms with Gasteiger partial charge in [-0.2, -0.15) is 5.10 Å². The van der Waals surface area contributed by atoms with Gasteiger partial charge in [0.05, 0.1) is 6.04 Å². The molecule has 166 valence electrons. The van der Waals surface area contributed by atoms with Gasteiger partial charge in [0.15, 0.2) is 0 Å². The third-order valence-electron chi connectivity index (χ3n) is 8.45. The number of amides is 1. The number of benzene rings is 1. The van der Waals surface area contributed by atoms with Crippen LogP contribution in [0.3, 0.4) is 0 Å². The zero-order valence-corrected chi connectivity index (χ0v) is 19.2. The van der Waals surface area contributed by atoms with Gasteiger partial charge in [-0.3, -0.25) is 14.8 Å². The van der Waals surface area contributed by atoms with E-state index in [-0.39, 0.29) is 17.4 Å². The highest BCUT2D eigenvalue weighted by molar-refractivity contribution is 5.93. The number of aromatic nitrogens is 2. The summed E-state index contributed by atoms with van der Waals surface area (Å²) in [7, 11) is 2.30. The van der Waals surface area contributed by atoms with Crippen molar-refractivity contribution in [3.8, 4) is 0 Å². The Bertz CT molecular complexity index is 924. The van der Waals surface area contributed by atoms with Gasteiger partial charge < -0.3 is 4.90 Å². The maximum absolute atomic E-state index is 14.0. The van der Waals surface area contributed by atoms with Crippen molar-refractivity contribution in [2.75, 3.05) is 7.05 Å². The molecule has 31 heavy (non-hydrogen) atoms. The summed E-state index contributed by atoms with van der Waals surface area (Å²) in [4.78, 5) is 18.9. The van der Waals surface area contributed by atoms with Gasteiger partial charge in [-0.25, -0.2) is 0 Å². The summed E-state index contributed by atoms with van der Waals surface area (Å²) >= 11 is 0. The van der Waals surface area contributed by atoms with Gasteiger partial charge in [0.2, 0.25) is 0 Å². The molecule has 2 bridgehead atoms. The number of aryl methyl sites for hydroxylation is 1. The second-order valence-electron chi connectivity index (χ2n) is 10.3. The molecule has 2 aliphatic heterocycles. The van der Waals surface area contributed by atoms with E-state index in [2.05, 4.69) is 71.2 Å². The standard InChI is InChI=1S/C26H36N4O/c1-4-5-12-19-16-20(28-27-19)25(31)30-21(15-18-10-7-6-8-11-18)22-17-26(2)23(29(22)3)13-9-14-24(26)30/h6-8,10-11,16,21-24H,4-5,9,12-15,17H2,1-3H3,(H,27,28)/t21-,22+,23+,24-,26+/m1/s1. The van der Waals surface area contributed by atoms with Crippen LogP contribution in [0.25, 0.3) is 0 Å². The molecule has 1 N–H and O–H groups in total. The quantitative estimate of drug-likeness (QED) is 0.751. The molecule has 0 unspecified atom stereocenters. The van der Waals surface area contributed by atoms with Gasteiger partial charge in [0.25, 0.3) is 5.91 Å². The summed E-state index contributed by atoms with van der Waals surface area (Å²) in [5.74, 6) is 0.122. The third kappa shape index (κ3) is 3.42. The van der Waals surface area contributed by atoms with Gasteiger partial charge in [-0.1, -0.05) is 50.6 Å². The van der Waals surface area contributed by atoms with Crippen LogP contribution in [0.4, 0.5) is 0 Å². The SMILES string of the molecule is CCCCc1cc(C(=O)N2[C@H](Cc3ccccc3)[C@@H]3C[C@@]4(C)[C@H](CCC[C@@H]24)N3C)n[nH]1. The molecular formula is C26H36N4O. The van der Waals surface area contributed by atoms with Crippen molar-refractivity contribution < 1.29 is 4.79 Å². The average Bonchev–Trinajstić information content (AvgIpc) is 3.35. The number of nitrogens with one attached hydrogen (secondary N) is 1. The zero-order chi connectivity index (χ0) is 21.6. The molecule has 2 aromatic rings. The largest absolute Gasteiger partial charge is 0.329 e. The minimum Gasteiger partial charge on any atom is -0.329 e. The van der Waals surface area contributed by atoms with Crippen molar-refractivity contribution >= 4 is 5.91 Å². The van der Waals surface area contributed by atoms with Crippen LogP contribution in [-0.4, -0.2) is 57.1 Å². The highest BCUT2D eigenvalue weighted by atomic mass is 16.2. The predicted octanol–water partition coefficient (Wildman–Crippen LogP) is 4.45. The summed E-state index contributed by atoms with van der Waals surface area (Å²) in [6, 6.07) is 14.2. The fourth-order valence-corrected chi connectivity index (χ4v) is 6.91. The summed E-state index contributed by atoms with van der Waals surface area (Å²) in [6.07, 6.45) is 8.89. The normalized spacial score (nSPS) is 32.4. The number of likely N-dealkylation sites (N-methyl/N-ethyl adjacent to an activating group) is 1. The molecule has 2 saturated heterocycles. The molecule has 1 amide bonds. The van der Waals surface area contributed by atoms with Gasteiger partial charge in [-0.15, -0.1) is 0 Å². The van der Waals surface area contributed by atoms with Crippen molar-refractivity contribution in [3.63, 3.8) is 0 Å². The van der Waals surface area contributed by atoms with E-state index < -0.39 is 0 Å². The number of piperidine rings is 1. The van der Waals surface area contributed by atoms with Gasteiger partial charge in [-0.05, 0) is 63.6 Å². The number of carbonyl (C=O) groups is 1. The molecule has 0 radical (unpaired) electrons. The maximum atomic E-state index is 14.0. The van der Waals surface area contributed by atoms with Crippen LogP contribution in [0.5, 0.6) is 0 Å². The van der Waals surface area contributed by atoms with Crippen LogP contribution < -0.4 is 0 Å². The number of nitrogens with zero attached hydrogens (tertiary/aromatic N) is 3. The summed E-state index contributed by atoms with van der Waals surface area (Å²) in [5, 5.41) is 7.60. The van der Waals surface area contributed by atoms with Crippen LogP contribution in [0.2, 0.25) is 0 Å². The van der Waals surface area contributed by atoms with Crippen molar-refractivity contribution in [1.82, 2.24) is 20.0 Å². The van der Waals surface area contributed by atoms with Crippen LogP contribution in [0, 0.1) is 5.41 Å². The molecule has 5 atom stereocenters. The minimum atomic E-state index is 0.122. The van der Waals surface area contributed by atoms with Gasteiger partial charge in [0.1, 0.15) is 5.69 Å². The molecule has 5 rings (SSSR count). The number of rotatable bonds is 6. The number of hydrogen-bond acceptors (Lipinski definition) is 3. The molecular weight excluding hydrogens is 384 g/mol. The second-order valence-corrected chi connectivity index (χ2v) is 10.3. The van der Waals surface area contributed by atoms with Gasteiger partial charge in [0, 0.05) is 29.2 Å². The number of fused-ring (bicyclic) bond motifs is 1. The minimum absolute atomic E-state index is 0.122. The molecule has 0 spiro atoms. The Kier molecular flexibility index (Phi) is 5.41. The first kappa shape index (κ1) is 20.7. The molecule has 3 aliphatic rings. The zero-order valence-electron chi connectivity index (χ0n) is 19.2. The van der Waals surface area contributed by atoms with E-state index >= 15 is 0 Å².